The zero-order valence-electron chi connectivity index (χ0n) is 13.4. The summed E-state index contributed by atoms with van der Waals surface area (Å²) in [4.78, 5) is 2.48. The van der Waals surface area contributed by atoms with Crippen LogP contribution in [-0.4, -0.2) is 27.3 Å². The van der Waals surface area contributed by atoms with Crippen molar-refractivity contribution in [3.05, 3.63) is 52.3 Å². The normalized spacial score (nSPS) is 15.8. The van der Waals surface area contributed by atoms with Crippen molar-refractivity contribution in [2.24, 2.45) is 0 Å². The summed E-state index contributed by atoms with van der Waals surface area (Å²) >= 11 is 6.64. The zero-order chi connectivity index (χ0) is 15.5. The molecule has 2 heterocycles. The van der Waals surface area contributed by atoms with Gasteiger partial charge in [-0.3, -0.25) is 9.58 Å². The fourth-order valence-electron chi connectivity index (χ4n) is 3.07. The van der Waals surface area contributed by atoms with E-state index in [0.717, 1.165) is 49.6 Å². The van der Waals surface area contributed by atoms with Crippen LogP contribution in [0.5, 0.6) is 0 Å². The summed E-state index contributed by atoms with van der Waals surface area (Å²) in [5.41, 5.74) is 3.58. The number of hydrogen-bond donors (Lipinski definition) is 0. The number of aryl methyl sites for hydroxylation is 3. The van der Waals surface area contributed by atoms with E-state index in [1.165, 1.54) is 11.3 Å². The molecule has 0 unspecified atom stereocenters. The summed E-state index contributed by atoms with van der Waals surface area (Å²) in [6.07, 6.45) is 3.04. The minimum absolute atomic E-state index is 0.547. The molecule has 1 aromatic heterocycles. The lowest BCUT2D eigenvalue weighted by Gasteiger charge is -2.23. The van der Waals surface area contributed by atoms with Crippen LogP contribution < -0.4 is 0 Å². The Labute approximate surface area is 137 Å². The second kappa shape index (κ2) is 6.84. The van der Waals surface area contributed by atoms with E-state index >= 15 is 0 Å². The maximum atomic E-state index is 6.64. The van der Waals surface area contributed by atoms with Crippen molar-refractivity contribution >= 4 is 11.6 Å². The predicted molar refractivity (Wildman–Crippen MR) is 91.3 cm³/mol. The predicted octanol–water partition coefficient (Wildman–Crippen LogP) is 3.94. The van der Waals surface area contributed by atoms with Crippen LogP contribution >= 0.6 is 11.6 Å². The minimum Gasteiger partial charge on any atom is -0.295 e. The SMILES string of the molecule is CC(C)N1CCCn2nc(CCc3ccccc3)c(Cl)c2C1. The van der Waals surface area contributed by atoms with E-state index in [1.807, 2.05) is 0 Å². The fourth-order valence-corrected chi connectivity index (χ4v) is 3.36. The molecule has 0 N–H and O–H groups in total. The molecule has 0 bridgehead atoms. The number of aromatic nitrogens is 2. The van der Waals surface area contributed by atoms with E-state index in [4.69, 9.17) is 16.7 Å². The zero-order valence-corrected chi connectivity index (χ0v) is 14.2. The Morgan fingerprint density at radius 2 is 1.91 bits per heavy atom. The molecule has 1 aromatic carbocycles. The van der Waals surface area contributed by atoms with Gasteiger partial charge in [0.1, 0.15) is 0 Å². The van der Waals surface area contributed by atoms with Crippen molar-refractivity contribution in [1.82, 2.24) is 14.7 Å². The molecular formula is C18H24ClN3. The van der Waals surface area contributed by atoms with E-state index in [0.29, 0.717) is 6.04 Å². The first-order valence-corrected chi connectivity index (χ1v) is 8.55. The average molecular weight is 318 g/mol. The van der Waals surface area contributed by atoms with Gasteiger partial charge >= 0.3 is 0 Å². The molecule has 0 radical (unpaired) electrons. The highest BCUT2D eigenvalue weighted by atomic mass is 35.5. The van der Waals surface area contributed by atoms with Crippen LogP contribution in [0.15, 0.2) is 30.3 Å². The van der Waals surface area contributed by atoms with Gasteiger partial charge in [-0.25, -0.2) is 0 Å². The first-order chi connectivity index (χ1) is 10.6. The van der Waals surface area contributed by atoms with Crippen LogP contribution in [0.25, 0.3) is 0 Å². The molecule has 3 rings (SSSR count). The first-order valence-electron chi connectivity index (χ1n) is 8.17. The van der Waals surface area contributed by atoms with Crippen LogP contribution in [0, 0.1) is 0 Å². The molecule has 22 heavy (non-hydrogen) atoms. The van der Waals surface area contributed by atoms with Gasteiger partial charge in [0.25, 0.3) is 0 Å². The Hall–Kier alpha value is -1.32. The molecule has 0 saturated carbocycles. The van der Waals surface area contributed by atoms with Gasteiger partial charge < -0.3 is 0 Å². The molecule has 1 aliphatic heterocycles. The number of benzene rings is 1. The van der Waals surface area contributed by atoms with Crippen molar-refractivity contribution in [1.29, 1.82) is 0 Å². The van der Waals surface area contributed by atoms with Crippen molar-refractivity contribution < 1.29 is 0 Å². The van der Waals surface area contributed by atoms with Crippen molar-refractivity contribution in [3.8, 4) is 0 Å². The highest BCUT2D eigenvalue weighted by Gasteiger charge is 2.22. The third kappa shape index (κ3) is 3.36. The molecule has 2 aromatic rings. The van der Waals surface area contributed by atoms with Gasteiger partial charge in [-0.05, 0) is 38.7 Å². The Kier molecular flexibility index (Phi) is 4.84. The van der Waals surface area contributed by atoms with Crippen LogP contribution in [0.3, 0.4) is 0 Å². The number of nitrogens with zero attached hydrogens (tertiary/aromatic N) is 3. The van der Waals surface area contributed by atoms with Gasteiger partial charge in [-0.1, -0.05) is 41.9 Å². The highest BCUT2D eigenvalue weighted by molar-refractivity contribution is 6.31. The van der Waals surface area contributed by atoms with E-state index in [2.05, 4.69) is 53.8 Å². The quantitative estimate of drug-likeness (QED) is 0.851. The van der Waals surface area contributed by atoms with Gasteiger partial charge in [0.15, 0.2) is 0 Å². The minimum atomic E-state index is 0.547. The van der Waals surface area contributed by atoms with Crippen LogP contribution in [-0.2, 0) is 25.9 Å². The topological polar surface area (TPSA) is 21.1 Å². The number of hydrogen-bond acceptors (Lipinski definition) is 2. The summed E-state index contributed by atoms with van der Waals surface area (Å²) in [5.74, 6) is 0. The van der Waals surface area contributed by atoms with E-state index in [-0.39, 0.29) is 0 Å². The summed E-state index contributed by atoms with van der Waals surface area (Å²) < 4.78 is 2.13. The number of halogens is 1. The molecule has 3 nitrogen and oxygen atoms in total. The fraction of sp³-hybridized carbons (Fsp3) is 0.500. The second-order valence-electron chi connectivity index (χ2n) is 6.33. The van der Waals surface area contributed by atoms with Crippen LogP contribution in [0.2, 0.25) is 5.02 Å². The lowest BCUT2D eigenvalue weighted by molar-refractivity contribution is 0.216. The molecule has 0 aliphatic carbocycles. The van der Waals surface area contributed by atoms with Crippen molar-refractivity contribution in [2.75, 3.05) is 6.54 Å². The molecule has 118 valence electrons. The molecule has 0 spiro atoms. The largest absolute Gasteiger partial charge is 0.295 e. The van der Waals surface area contributed by atoms with E-state index < -0.39 is 0 Å². The number of rotatable bonds is 4. The molecule has 1 aliphatic rings. The lowest BCUT2D eigenvalue weighted by Crippen LogP contribution is -2.30. The van der Waals surface area contributed by atoms with Gasteiger partial charge in [0, 0.05) is 25.7 Å². The molecule has 0 amide bonds. The van der Waals surface area contributed by atoms with Crippen molar-refractivity contribution in [2.45, 2.75) is 52.2 Å². The Bertz CT molecular complexity index is 619. The van der Waals surface area contributed by atoms with Gasteiger partial charge in [-0.15, -0.1) is 0 Å². The number of fused-ring (bicyclic) bond motifs is 1. The first kappa shape index (κ1) is 15.6. The maximum absolute atomic E-state index is 6.64. The highest BCUT2D eigenvalue weighted by Crippen LogP contribution is 2.26. The lowest BCUT2D eigenvalue weighted by atomic mass is 10.1. The van der Waals surface area contributed by atoms with Gasteiger partial charge in [0.05, 0.1) is 16.4 Å². The standard InChI is InChI=1S/C18H24ClN3/c1-14(2)21-11-6-12-22-17(13-21)18(19)16(20-22)10-9-15-7-4-3-5-8-15/h3-5,7-8,14H,6,9-13H2,1-2H3. The smallest absolute Gasteiger partial charge is 0.0863 e. The van der Waals surface area contributed by atoms with Gasteiger partial charge in [0.2, 0.25) is 0 Å². The third-order valence-electron chi connectivity index (χ3n) is 4.45. The summed E-state index contributed by atoms with van der Waals surface area (Å²) in [5, 5.41) is 5.66. The maximum Gasteiger partial charge on any atom is 0.0863 e. The summed E-state index contributed by atoms with van der Waals surface area (Å²) in [7, 11) is 0. The molecule has 0 saturated heterocycles. The third-order valence-corrected chi connectivity index (χ3v) is 4.89. The Morgan fingerprint density at radius 1 is 1.14 bits per heavy atom. The van der Waals surface area contributed by atoms with Crippen LogP contribution in [0.4, 0.5) is 0 Å². The average Bonchev–Trinajstić information content (AvgIpc) is 2.70. The monoisotopic (exact) mass is 317 g/mol. The van der Waals surface area contributed by atoms with Gasteiger partial charge in [-0.2, -0.15) is 5.10 Å². The van der Waals surface area contributed by atoms with E-state index in [9.17, 15) is 0 Å². The van der Waals surface area contributed by atoms with Crippen LogP contribution in [0.1, 0.15) is 37.2 Å². The molecular weight excluding hydrogens is 294 g/mol. The summed E-state index contributed by atoms with van der Waals surface area (Å²) in [6, 6.07) is 11.1. The molecule has 0 atom stereocenters. The summed E-state index contributed by atoms with van der Waals surface area (Å²) in [6.45, 7) is 7.50. The second-order valence-corrected chi connectivity index (χ2v) is 6.71. The molecule has 0 fully saturated rings. The van der Waals surface area contributed by atoms with E-state index in [1.54, 1.807) is 0 Å². The molecule has 4 heteroatoms. The Morgan fingerprint density at radius 3 is 2.64 bits per heavy atom. The Balaban J connectivity index is 1.76. The van der Waals surface area contributed by atoms with Crippen molar-refractivity contribution in [3.63, 3.8) is 0 Å².